The van der Waals surface area contributed by atoms with Crippen molar-refractivity contribution in [2.45, 2.75) is 209 Å². The van der Waals surface area contributed by atoms with Gasteiger partial charge in [0.15, 0.2) is 0 Å². The summed E-state index contributed by atoms with van der Waals surface area (Å²) in [4.78, 5) is 30.7. The number of nitriles is 4. The number of nitrogens with zero attached hydrogens (tertiary/aromatic N) is 12. The van der Waals surface area contributed by atoms with Crippen molar-refractivity contribution in [1.82, 2.24) is 51.2 Å². The first-order valence-corrected chi connectivity index (χ1v) is 42.0. The number of ether oxygens (including phenoxy) is 6. The highest BCUT2D eigenvalue weighted by Crippen LogP contribution is 2.45. The van der Waals surface area contributed by atoms with E-state index in [-0.39, 0.29) is 54.7 Å². The first kappa shape index (κ1) is 89.0. The van der Waals surface area contributed by atoms with E-state index in [1.165, 1.54) is 5.56 Å². The van der Waals surface area contributed by atoms with Crippen molar-refractivity contribution in [3.05, 3.63) is 225 Å². The lowest BCUT2D eigenvalue weighted by atomic mass is 9.97. The molecule has 125 heavy (non-hydrogen) atoms. The molecule has 0 radical (unpaired) electrons. The van der Waals surface area contributed by atoms with Gasteiger partial charge in [0.05, 0.1) is 57.8 Å². The third kappa shape index (κ3) is 21.3. The molecule has 4 aliphatic carbocycles. The number of esters is 1. The van der Waals surface area contributed by atoms with Crippen molar-refractivity contribution in [2.24, 2.45) is 5.41 Å². The summed E-state index contributed by atoms with van der Waals surface area (Å²) in [6.07, 6.45) is 4.67. The van der Waals surface area contributed by atoms with Gasteiger partial charge in [0, 0.05) is 69.7 Å². The Bertz CT molecular complexity index is 5890. The first-order valence-electron chi connectivity index (χ1n) is 42.0. The van der Waals surface area contributed by atoms with Crippen LogP contribution >= 0.6 is 0 Å². The van der Waals surface area contributed by atoms with E-state index in [1.54, 1.807) is 68.4 Å². The molecule has 0 spiro atoms. The Labute approximate surface area is 725 Å². The molecular weight excluding hydrogens is 1590 g/mol. The molecule has 0 fully saturated rings. The van der Waals surface area contributed by atoms with Gasteiger partial charge in [-0.15, -0.1) is 0 Å². The maximum atomic E-state index is 13.3. The van der Waals surface area contributed by atoms with Gasteiger partial charge in [-0.3, -0.25) is 4.79 Å². The number of carbonyl (C=O) groups is 1. The SMILES string of the molecule is C=C(C)O[C@@H]1CCc2c(-c3noc(-c4ccc(OC(C)C)c(C#N)c4)n3)cccc21.CC(C)Oc1ccc(-c2nc(-c3cccc4c3CC[C@H]4OC(=O)C(C)(C)C)no2)cc1C#N.CC(F)CN[C@@H]1CCc2c(-c3noc(-c4ccc(OC(C)C)c(C#N)c4)n3)cccc21.CC(F)CN[C@H]1CCc2c(-c3noc(-c4ccc(OC(C)C)c(C#N)c4)n3)cccc21. The minimum atomic E-state index is -0.886. The van der Waals surface area contributed by atoms with Crippen molar-refractivity contribution < 1.29 is 60.1 Å². The Morgan fingerprint density at radius 2 is 0.696 bits per heavy atom. The lowest BCUT2D eigenvalue weighted by Crippen LogP contribution is -2.25. The number of halogens is 2. The number of nitrogens with one attached hydrogen (secondary N) is 2. The van der Waals surface area contributed by atoms with E-state index in [0.717, 1.165) is 113 Å². The number of fused-ring (bicyclic) bond motifs is 4. The molecule has 25 nitrogen and oxygen atoms in total. The van der Waals surface area contributed by atoms with E-state index in [0.29, 0.717) is 133 Å². The standard InChI is InChI=1S/C26H27N3O4.2C24H25FN4O2.C24H23N3O3/c1-15(2)31-21-11-9-16(13-17(21)14-27)24-28-23(29-33-24)20-8-6-7-19-18(20)10-12-22(19)32-25(30)26(3,4)5;2*1-14(2)30-22-10-7-16(11-17(22)12-26)24-28-23(29-31-24)20-6-4-5-19-18(20)8-9-21(19)27-13-15(3)25;1-14(2)28-21-10-8-16(12-17(21)13-25)24-26-23(27-30-24)20-7-5-6-19-18(20)9-11-22(19)29-15(3)4/h6-9,11,13,15,22H,10,12H2,1-5H3;2*4-7,10-11,14-15,21,27H,8-9,13H2,1-3H3;5-8,10,12,14,22H,3,9,11H2,1-2,4H3/t22-;2*15?,21-;22-/m1101/s1. The Hall–Kier alpha value is -13.7. The Balaban J connectivity index is 0.000000143. The maximum absolute atomic E-state index is 13.3. The molecule has 0 bridgehead atoms. The van der Waals surface area contributed by atoms with Gasteiger partial charge in [-0.1, -0.05) is 100 Å². The van der Waals surface area contributed by atoms with Gasteiger partial charge in [0.25, 0.3) is 23.6 Å². The van der Waals surface area contributed by atoms with Crippen molar-refractivity contribution in [3.63, 3.8) is 0 Å². The summed E-state index contributed by atoms with van der Waals surface area (Å²) >= 11 is 0. The van der Waals surface area contributed by atoms with Crippen molar-refractivity contribution in [2.75, 3.05) is 13.1 Å². The number of hydrogen-bond acceptors (Lipinski definition) is 25. The second-order valence-corrected chi connectivity index (χ2v) is 33.2. The molecule has 0 amide bonds. The zero-order valence-electron chi connectivity index (χ0n) is 72.5. The monoisotopic (exact) mass is 1690 g/mol. The molecule has 2 unspecified atom stereocenters. The fraction of sp³-hybridized carbons (Fsp3) is 0.357. The highest BCUT2D eigenvalue weighted by atomic mass is 19.1. The number of allylic oxidation sites excluding steroid dienone is 1. The minimum Gasteiger partial charge on any atom is -0.491 e. The predicted octanol–water partition coefficient (Wildman–Crippen LogP) is 21.2. The molecule has 0 aliphatic heterocycles. The molecule has 0 saturated carbocycles. The Kier molecular flexibility index (Phi) is 28.2. The van der Waals surface area contributed by atoms with Crippen LogP contribution in [0.1, 0.15) is 214 Å². The van der Waals surface area contributed by atoms with Crippen molar-refractivity contribution >= 4 is 5.97 Å². The second kappa shape index (κ2) is 39.6. The summed E-state index contributed by atoms with van der Waals surface area (Å²) in [5.74, 6) is 6.00. The minimum absolute atomic E-state index is 0.00973. The zero-order chi connectivity index (χ0) is 88.9. The van der Waals surface area contributed by atoms with Crippen molar-refractivity contribution in [3.8, 4) is 139 Å². The van der Waals surface area contributed by atoms with Gasteiger partial charge in [0.2, 0.25) is 23.3 Å². The molecule has 4 aliphatic rings. The highest BCUT2D eigenvalue weighted by Gasteiger charge is 2.35. The second-order valence-electron chi connectivity index (χ2n) is 33.2. The van der Waals surface area contributed by atoms with Crippen LogP contribution in [0, 0.1) is 50.7 Å². The van der Waals surface area contributed by atoms with Crippen LogP contribution in [0.3, 0.4) is 0 Å². The molecule has 27 heteroatoms. The quantitative estimate of drug-likeness (QED) is 0.0396. The van der Waals surface area contributed by atoms with Gasteiger partial charge in [0.1, 0.15) is 71.8 Å². The number of alkyl halides is 2. The van der Waals surface area contributed by atoms with Gasteiger partial charge >= 0.3 is 5.97 Å². The smallest absolute Gasteiger partial charge is 0.311 e. The molecule has 12 aromatic rings. The number of rotatable bonds is 25. The molecule has 642 valence electrons. The number of benzene rings is 8. The van der Waals surface area contributed by atoms with Gasteiger partial charge in [-0.05, 0) is 266 Å². The molecule has 2 N–H and O–H groups in total. The van der Waals surface area contributed by atoms with Crippen LogP contribution in [0.4, 0.5) is 8.78 Å². The first-order chi connectivity index (χ1) is 60.0. The molecule has 4 heterocycles. The Morgan fingerprint density at radius 3 is 0.960 bits per heavy atom. The molecule has 6 atom stereocenters. The fourth-order valence-electron chi connectivity index (χ4n) is 15.4. The van der Waals surface area contributed by atoms with Gasteiger partial charge in [-0.2, -0.15) is 41.0 Å². The molecule has 16 rings (SSSR count). The summed E-state index contributed by atoms with van der Waals surface area (Å²) in [6, 6.07) is 53.9. The van der Waals surface area contributed by atoms with Crippen LogP contribution in [0.15, 0.2) is 176 Å². The highest BCUT2D eigenvalue weighted by molar-refractivity contribution is 5.77. The number of hydrogen-bond donors (Lipinski definition) is 2. The van der Waals surface area contributed by atoms with Crippen LogP contribution < -0.4 is 29.6 Å². The van der Waals surface area contributed by atoms with Crippen LogP contribution in [0.5, 0.6) is 23.0 Å². The normalized spacial score (nSPS) is 15.6. The van der Waals surface area contributed by atoms with E-state index in [4.69, 9.17) is 46.5 Å². The summed E-state index contributed by atoms with van der Waals surface area (Å²) < 4.78 is 83.0. The largest absolute Gasteiger partial charge is 0.491 e. The van der Waals surface area contributed by atoms with Crippen LogP contribution in [0.25, 0.3) is 91.4 Å². The van der Waals surface area contributed by atoms with Crippen molar-refractivity contribution in [1.29, 1.82) is 21.0 Å². The summed E-state index contributed by atoms with van der Waals surface area (Å²) in [5.41, 5.74) is 16.4. The zero-order valence-corrected chi connectivity index (χ0v) is 72.5. The summed E-state index contributed by atoms with van der Waals surface area (Å²) in [6.45, 7) is 30.3. The van der Waals surface area contributed by atoms with E-state index < -0.39 is 17.8 Å². The molecule has 4 aromatic heterocycles. The van der Waals surface area contributed by atoms with Crippen LogP contribution in [-0.2, 0) is 40.0 Å². The fourth-order valence-corrected chi connectivity index (χ4v) is 15.4. The lowest BCUT2D eigenvalue weighted by molar-refractivity contribution is -0.159. The average Bonchev–Trinajstić information content (AvgIpc) is 1.65. The predicted molar refractivity (Wildman–Crippen MR) is 465 cm³/mol. The molecule has 8 aromatic carbocycles. The van der Waals surface area contributed by atoms with Crippen LogP contribution in [0.2, 0.25) is 0 Å². The molecular formula is C98H100F2N14O11. The third-order valence-electron chi connectivity index (χ3n) is 21.0. The van der Waals surface area contributed by atoms with E-state index in [2.05, 4.69) is 100 Å². The average molecular weight is 1690 g/mol. The lowest BCUT2D eigenvalue weighted by Gasteiger charge is -2.21. The number of carbonyl (C=O) groups excluding carboxylic acids is 1. The third-order valence-corrected chi connectivity index (χ3v) is 21.0. The van der Waals surface area contributed by atoms with Gasteiger partial charge < -0.3 is 57.1 Å². The molecule has 0 saturated heterocycles. The van der Waals surface area contributed by atoms with Gasteiger partial charge in [-0.25, -0.2) is 8.78 Å². The van der Waals surface area contributed by atoms with E-state index >= 15 is 0 Å². The summed E-state index contributed by atoms with van der Waals surface area (Å²) in [7, 11) is 0. The number of aromatic nitrogens is 8. The van der Waals surface area contributed by atoms with E-state index in [1.807, 2.05) is 156 Å². The maximum Gasteiger partial charge on any atom is 0.311 e. The topological polar surface area (TPSA) is 347 Å². The summed E-state index contributed by atoms with van der Waals surface area (Å²) in [5, 5.41) is 61.2. The Morgan fingerprint density at radius 1 is 0.424 bits per heavy atom. The van der Waals surface area contributed by atoms with E-state index in [9.17, 15) is 34.6 Å². The van der Waals surface area contributed by atoms with Crippen LogP contribution in [-0.4, -0.2) is 96.4 Å².